The molecule has 148 valence electrons. The molecule has 9 heteroatoms. The van der Waals surface area contributed by atoms with Crippen LogP contribution in [0.2, 0.25) is 10.0 Å². The number of aromatic nitrogens is 3. The van der Waals surface area contributed by atoms with Crippen LogP contribution in [0.25, 0.3) is 11.0 Å². The van der Waals surface area contributed by atoms with Crippen molar-refractivity contribution >= 4 is 34.2 Å². The Hall–Kier alpha value is -1.74. The summed E-state index contributed by atoms with van der Waals surface area (Å²) in [6.45, 7) is 3.35. The average Bonchev–Trinajstić information content (AvgIpc) is 3.20. The van der Waals surface area contributed by atoms with E-state index in [0.29, 0.717) is 16.2 Å². The van der Waals surface area contributed by atoms with Crippen molar-refractivity contribution in [3.8, 4) is 0 Å². The van der Waals surface area contributed by atoms with E-state index in [1.54, 1.807) is 22.9 Å². The Morgan fingerprint density at radius 2 is 1.86 bits per heavy atom. The normalized spacial score (nSPS) is 27.2. The number of ether oxygens (including phenoxy) is 1. The number of aliphatic hydroxyl groups is 3. The highest BCUT2D eigenvalue weighted by Crippen LogP contribution is 2.41. The summed E-state index contributed by atoms with van der Waals surface area (Å²) in [5.74, 6) is 0. The molecular formula is C19H19Cl2N3O4. The zero-order valence-electron chi connectivity index (χ0n) is 15.1. The van der Waals surface area contributed by atoms with Gasteiger partial charge in [0.25, 0.3) is 0 Å². The van der Waals surface area contributed by atoms with Crippen LogP contribution >= 0.6 is 23.2 Å². The summed E-state index contributed by atoms with van der Waals surface area (Å²) in [4.78, 5) is 8.41. The van der Waals surface area contributed by atoms with E-state index in [1.165, 1.54) is 19.3 Å². The summed E-state index contributed by atoms with van der Waals surface area (Å²) in [7, 11) is 0. The molecule has 3 N–H and O–H groups in total. The molecule has 1 aliphatic heterocycles. The van der Waals surface area contributed by atoms with Gasteiger partial charge in [-0.3, -0.25) is 0 Å². The van der Waals surface area contributed by atoms with Crippen LogP contribution in [-0.4, -0.2) is 48.2 Å². The largest absolute Gasteiger partial charge is 0.387 e. The minimum absolute atomic E-state index is 0.271. The van der Waals surface area contributed by atoms with Crippen molar-refractivity contribution in [2.24, 2.45) is 0 Å². The van der Waals surface area contributed by atoms with Gasteiger partial charge in [0.1, 0.15) is 35.9 Å². The van der Waals surface area contributed by atoms with E-state index in [-0.39, 0.29) is 5.02 Å². The lowest BCUT2D eigenvalue weighted by atomic mass is 9.87. The maximum Gasteiger partial charge on any atom is 0.164 e. The van der Waals surface area contributed by atoms with E-state index in [2.05, 4.69) is 9.97 Å². The molecule has 2 aromatic heterocycles. The van der Waals surface area contributed by atoms with Gasteiger partial charge in [0.2, 0.25) is 0 Å². The van der Waals surface area contributed by atoms with Crippen LogP contribution in [0.4, 0.5) is 0 Å². The molecule has 1 aliphatic rings. The van der Waals surface area contributed by atoms with E-state index in [4.69, 9.17) is 27.9 Å². The average molecular weight is 424 g/mol. The summed E-state index contributed by atoms with van der Waals surface area (Å²) in [6, 6.07) is 6.49. The Balaban J connectivity index is 1.71. The van der Waals surface area contributed by atoms with Gasteiger partial charge in [-0.15, -0.1) is 0 Å². The Morgan fingerprint density at radius 1 is 1.11 bits per heavy atom. The first-order chi connectivity index (χ1) is 13.2. The van der Waals surface area contributed by atoms with E-state index in [9.17, 15) is 15.3 Å². The number of fused-ring (bicyclic) bond motifs is 1. The molecule has 0 amide bonds. The number of aryl methyl sites for hydroxylation is 1. The second-order valence-electron chi connectivity index (χ2n) is 7.12. The lowest BCUT2D eigenvalue weighted by molar-refractivity contribution is -0.135. The lowest BCUT2D eigenvalue weighted by Gasteiger charge is -2.32. The monoisotopic (exact) mass is 423 g/mol. The van der Waals surface area contributed by atoms with Crippen molar-refractivity contribution < 1.29 is 20.1 Å². The molecule has 5 atom stereocenters. The van der Waals surface area contributed by atoms with Crippen LogP contribution in [0.5, 0.6) is 0 Å². The molecule has 1 aromatic carbocycles. The molecule has 1 saturated heterocycles. The SMILES string of the molecule is Cc1ncnc2c1ccn2[C@@H]1OC([C@](C)(O)c2ccc(Cl)c(Cl)c2)[C@@H](O)[C@H]1O. The van der Waals surface area contributed by atoms with Crippen LogP contribution in [0, 0.1) is 6.92 Å². The van der Waals surface area contributed by atoms with Crippen molar-refractivity contribution in [3.63, 3.8) is 0 Å². The maximum absolute atomic E-state index is 11.1. The van der Waals surface area contributed by atoms with Crippen LogP contribution in [0.1, 0.15) is 24.4 Å². The van der Waals surface area contributed by atoms with E-state index < -0.39 is 30.1 Å². The number of hydrogen-bond donors (Lipinski definition) is 3. The van der Waals surface area contributed by atoms with Crippen LogP contribution in [0.15, 0.2) is 36.8 Å². The molecule has 3 heterocycles. The quantitative estimate of drug-likeness (QED) is 0.598. The first-order valence-electron chi connectivity index (χ1n) is 8.69. The molecule has 1 unspecified atom stereocenters. The van der Waals surface area contributed by atoms with Crippen molar-refractivity contribution in [3.05, 3.63) is 58.1 Å². The lowest BCUT2D eigenvalue weighted by Crippen LogP contribution is -2.45. The molecule has 1 fully saturated rings. The highest BCUT2D eigenvalue weighted by molar-refractivity contribution is 6.42. The van der Waals surface area contributed by atoms with Gasteiger partial charge >= 0.3 is 0 Å². The second kappa shape index (κ2) is 6.95. The van der Waals surface area contributed by atoms with Crippen molar-refractivity contribution in [1.29, 1.82) is 0 Å². The fourth-order valence-corrected chi connectivity index (χ4v) is 3.93. The van der Waals surface area contributed by atoms with Gasteiger partial charge in [0, 0.05) is 11.6 Å². The van der Waals surface area contributed by atoms with Gasteiger partial charge in [-0.1, -0.05) is 29.3 Å². The number of rotatable bonds is 3. The molecular weight excluding hydrogens is 405 g/mol. The number of hydrogen-bond acceptors (Lipinski definition) is 6. The van der Waals surface area contributed by atoms with E-state index in [1.807, 2.05) is 13.0 Å². The molecule has 0 spiro atoms. The summed E-state index contributed by atoms with van der Waals surface area (Å²) in [5.41, 5.74) is 0.140. The fourth-order valence-electron chi connectivity index (χ4n) is 3.63. The summed E-state index contributed by atoms with van der Waals surface area (Å²) < 4.78 is 7.57. The molecule has 0 radical (unpaired) electrons. The number of halogens is 2. The highest BCUT2D eigenvalue weighted by atomic mass is 35.5. The number of nitrogens with zero attached hydrogens (tertiary/aromatic N) is 3. The van der Waals surface area contributed by atoms with E-state index in [0.717, 1.165) is 11.1 Å². The van der Waals surface area contributed by atoms with Crippen LogP contribution < -0.4 is 0 Å². The zero-order valence-corrected chi connectivity index (χ0v) is 16.6. The van der Waals surface area contributed by atoms with Gasteiger partial charge < -0.3 is 24.6 Å². The molecule has 28 heavy (non-hydrogen) atoms. The fraction of sp³-hybridized carbons (Fsp3) is 0.368. The van der Waals surface area contributed by atoms with Gasteiger partial charge in [-0.05, 0) is 37.6 Å². The van der Waals surface area contributed by atoms with Gasteiger partial charge in [-0.2, -0.15) is 0 Å². The minimum atomic E-state index is -1.63. The smallest absolute Gasteiger partial charge is 0.164 e. The third-order valence-corrected chi connectivity index (χ3v) is 6.02. The van der Waals surface area contributed by atoms with Crippen LogP contribution in [0.3, 0.4) is 0 Å². The third kappa shape index (κ3) is 2.99. The minimum Gasteiger partial charge on any atom is -0.387 e. The van der Waals surface area contributed by atoms with Gasteiger partial charge in [0.05, 0.1) is 15.7 Å². The van der Waals surface area contributed by atoms with E-state index >= 15 is 0 Å². The Labute approximate surface area is 171 Å². The third-order valence-electron chi connectivity index (χ3n) is 5.28. The zero-order chi connectivity index (χ0) is 20.2. The summed E-state index contributed by atoms with van der Waals surface area (Å²) >= 11 is 12.0. The summed E-state index contributed by atoms with van der Waals surface area (Å²) in [6.07, 6.45) is -1.51. The molecule has 3 aromatic rings. The number of benzene rings is 1. The molecule has 0 saturated carbocycles. The van der Waals surface area contributed by atoms with Crippen molar-refractivity contribution in [1.82, 2.24) is 14.5 Å². The Bertz CT molecular complexity index is 1040. The first kappa shape index (κ1) is 19.6. The first-order valence-corrected chi connectivity index (χ1v) is 9.45. The summed E-state index contributed by atoms with van der Waals surface area (Å²) in [5, 5.41) is 33.8. The van der Waals surface area contributed by atoms with Crippen molar-refractivity contribution in [2.75, 3.05) is 0 Å². The Morgan fingerprint density at radius 3 is 2.57 bits per heavy atom. The standard InChI is InChI=1S/C19H19Cl2N3O4/c1-9-11-5-6-24(17(11)23-8-22-9)18-15(26)14(25)16(28-18)19(2,27)10-3-4-12(20)13(21)7-10/h3-8,14-16,18,25-27H,1-2H3/t14-,15+,16?,18+,19+/m0/s1. The van der Waals surface area contributed by atoms with Crippen LogP contribution in [-0.2, 0) is 10.3 Å². The molecule has 0 bridgehead atoms. The highest BCUT2D eigenvalue weighted by Gasteiger charge is 2.52. The maximum atomic E-state index is 11.1. The molecule has 0 aliphatic carbocycles. The molecule has 4 rings (SSSR count). The topological polar surface area (TPSA) is 101 Å². The van der Waals surface area contributed by atoms with Gasteiger partial charge in [-0.25, -0.2) is 9.97 Å². The number of aliphatic hydroxyl groups excluding tert-OH is 2. The molecule has 7 nitrogen and oxygen atoms in total. The second-order valence-corrected chi connectivity index (χ2v) is 7.94. The van der Waals surface area contributed by atoms with Crippen molar-refractivity contribution in [2.45, 2.75) is 44.0 Å². The predicted octanol–water partition coefficient (Wildman–Crippen LogP) is 2.57. The van der Waals surface area contributed by atoms with Gasteiger partial charge in [0.15, 0.2) is 6.23 Å². The Kier molecular flexibility index (Phi) is 4.86. The predicted molar refractivity (Wildman–Crippen MR) is 104 cm³/mol.